The van der Waals surface area contributed by atoms with Gasteiger partial charge >= 0.3 is 5.97 Å². The molecule has 0 bridgehead atoms. The number of esters is 1. The number of rotatable bonds is 3. The van der Waals surface area contributed by atoms with Crippen LogP contribution in [0.25, 0.3) is 0 Å². The average Bonchev–Trinajstić information content (AvgIpc) is 2.46. The van der Waals surface area contributed by atoms with E-state index in [-0.39, 0.29) is 0 Å². The van der Waals surface area contributed by atoms with Crippen molar-refractivity contribution in [3.8, 4) is 0 Å². The molecule has 0 aromatic heterocycles. The Morgan fingerprint density at radius 3 is 2.85 bits per heavy atom. The molecule has 5 heteroatoms. The molecule has 1 rings (SSSR count). The second-order valence-electron chi connectivity index (χ2n) is 2.90. The minimum atomic E-state index is -0.635. The first-order valence-corrected chi connectivity index (χ1v) is 4.08. The Morgan fingerprint density at radius 2 is 2.38 bits per heavy atom. The van der Waals surface area contributed by atoms with Gasteiger partial charge in [-0.15, -0.1) is 0 Å². The highest BCUT2D eigenvalue weighted by atomic mass is 19.1. The summed E-state index contributed by atoms with van der Waals surface area (Å²) in [7, 11) is 1.43. The summed E-state index contributed by atoms with van der Waals surface area (Å²) < 4.78 is 27.1. The number of carbonyl (C=O) groups is 1. The standard InChI is InChI=1S/C8H13FO4/c1-5(10)12-7-3-6(4-9)13-8(7)11-2/h6-8H,3-4H2,1-2H3/t6-,7+,8+/m0/s1. The predicted molar refractivity (Wildman–Crippen MR) is 41.8 cm³/mol. The third-order valence-corrected chi connectivity index (χ3v) is 1.85. The fourth-order valence-corrected chi connectivity index (χ4v) is 1.33. The minimum absolute atomic E-state index is 0.356. The van der Waals surface area contributed by atoms with Crippen molar-refractivity contribution in [2.75, 3.05) is 13.8 Å². The first-order valence-electron chi connectivity index (χ1n) is 4.08. The van der Waals surface area contributed by atoms with Crippen molar-refractivity contribution in [3.05, 3.63) is 0 Å². The monoisotopic (exact) mass is 192 g/mol. The summed E-state index contributed by atoms with van der Waals surface area (Å²) >= 11 is 0. The number of carbonyl (C=O) groups excluding carboxylic acids is 1. The van der Waals surface area contributed by atoms with E-state index in [1.165, 1.54) is 14.0 Å². The second kappa shape index (κ2) is 4.53. The molecular weight excluding hydrogens is 179 g/mol. The maximum absolute atomic E-state index is 12.2. The van der Waals surface area contributed by atoms with Gasteiger partial charge in [0.2, 0.25) is 0 Å². The van der Waals surface area contributed by atoms with Crippen LogP contribution in [0.5, 0.6) is 0 Å². The highest BCUT2D eigenvalue weighted by Gasteiger charge is 2.37. The van der Waals surface area contributed by atoms with Crippen molar-refractivity contribution >= 4 is 5.97 Å². The molecule has 0 saturated carbocycles. The molecule has 0 aliphatic carbocycles. The fraction of sp³-hybridized carbons (Fsp3) is 0.875. The maximum Gasteiger partial charge on any atom is 0.303 e. The van der Waals surface area contributed by atoms with Gasteiger partial charge in [-0.2, -0.15) is 0 Å². The SMILES string of the molecule is CO[C@@H]1O[C@H](CF)C[C@H]1OC(C)=O. The minimum Gasteiger partial charge on any atom is -0.457 e. The molecule has 0 radical (unpaired) electrons. The van der Waals surface area contributed by atoms with Crippen LogP contribution in [0.2, 0.25) is 0 Å². The molecule has 1 aliphatic heterocycles. The summed E-state index contributed by atoms with van der Waals surface area (Å²) in [6.45, 7) is 0.715. The summed E-state index contributed by atoms with van der Waals surface area (Å²) in [6, 6.07) is 0. The van der Waals surface area contributed by atoms with E-state index in [9.17, 15) is 9.18 Å². The molecular formula is C8H13FO4. The number of ether oxygens (including phenoxy) is 3. The lowest BCUT2D eigenvalue weighted by molar-refractivity contribution is -0.176. The van der Waals surface area contributed by atoms with Gasteiger partial charge in [0, 0.05) is 20.5 Å². The van der Waals surface area contributed by atoms with Crippen molar-refractivity contribution in [2.45, 2.75) is 31.8 Å². The van der Waals surface area contributed by atoms with Gasteiger partial charge in [0.25, 0.3) is 0 Å². The quantitative estimate of drug-likeness (QED) is 0.616. The molecule has 1 saturated heterocycles. The van der Waals surface area contributed by atoms with Gasteiger partial charge in [0.1, 0.15) is 6.67 Å². The number of halogens is 1. The Labute approximate surface area is 76.0 Å². The van der Waals surface area contributed by atoms with Crippen LogP contribution in [-0.4, -0.2) is 38.3 Å². The number of methoxy groups -OCH3 is 1. The van der Waals surface area contributed by atoms with E-state index in [2.05, 4.69) is 0 Å². The van der Waals surface area contributed by atoms with Crippen molar-refractivity contribution in [1.29, 1.82) is 0 Å². The molecule has 1 aliphatic rings. The fourth-order valence-electron chi connectivity index (χ4n) is 1.33. The molecule has 0 spiro atoms. The molecule has 1 fully saturated rings. The van der Waals surface area contributed by atoms with Crippen LogP contribution in [0.3, 0.4) is 0 Å². The normalized spacial score (nSPS) is 33.3. The van der Waals surface area contributed by atoms with Gasteiger partial charge in [-0.25, -0.2) is 4.39 Å². The topological polar surface area (TPSA) is 44.8 Å². The van der Waals surface area contributed by atoms with Crippen LogP contribution in [0.1, 0.15) is 13.3 Å². The van der Waals surface area contributed by atoms with E-state index in [0.29, 0.717) is 6.42 Å². The summed E-state index contributed by atoms with van der Waals surface area (Å²) in [5.74, 6) is -0.407. The first-order chi connectivity index (χ1) is 6.17. The Kier molecular flexibility index (Phi) is 3.62. The largest absolute Gasteiger partial charge is 0.457 e. The van der Waals surface area contributed by atoms with E-state index in [0.717, 1.165) is 0 Å². The summed E-state index contributed by atoms with van der Waals surface area (Å²) in [5, 5.41) is 0. The van der Waals surface area contributed by atoms with Gasteiger partial charge in [-0.1, -0.05) is 0 Å². The van der Waals surface area contributed by atoms with Crippen LogP contribution in [0, 0.1) is 0 Å². The summed E-state index contributed by atoms with van der Waals surface area (Å²) in [4.78, 5) is 10.6. The molecule has 0 unspecified atom stereocenters. The Bertz CT molecular complexity index is 185. The molecule has 3 atom stereocenters. The summed E-state index contributed by atoms with van der Waals surface area (Å²) in [6.07, 6.45) is -1.28. The van der Waals surface area contributed by atoms with Gasteiger partial charge in [-0.3, -0.25) is 4.79 Å². The van der Waals surface area contributed by atoms with Crippen molar-refractivity contribution in [2.24, 2.45) is 0 Å². The third-order valence-electron chi connectivity index (χ3n) is 1.85. The van der Waals surface area contributed by atoms with E-state index in [1.807, 2.05) is 0 Å². The van der Waals surface area contributed by atoms with E-state index >= 15 is 0 Å². The molecule has 0 N–H and O–H groups in total. The van der Waals surface area contributed by atoms with Crippen molar-refractivity contribution < 1.29 is 23.4 Å². The average molecular weight is 192 g/mol. The van der Waals surface area contributed by atoms with Crippen LogP contribution in [-0.2, 0) is 19.0 Å². The number of hydrogen-bond acceptors (Lipinski definition) is 4. The van der Waals surface area contributed by atoms with Crippen LogP contribution < -0.4 is 0 Å². The lowest BCUT2D eigenvalue weighted by Crippen LogP contribution is -2.27. The zero-order valence-corrected chi connectivity index (χ0v) is 7.66. The lowest BCUT2D eigenvalue weighted by atomic mass is 10.2. The van der Waals surface area contributed by atoms with Crippen molar-refractivity contribution in [1.82, 2.24) is 0 Å². The van der Waals surface area contributed by atoms with Gasteiger partial charge in [-0.05, 0) is 0 Å². The van der Waals surface area contributed by atoms with Crippen LogP contribution in [0.15, 0.2) is 0 Å². The highest BCUT2D eigenvalue weighted by Crippen LogP contribution is 2.24. The van der Waals surface area contributed by atoms with Crippen LogP contribution in [0.4, 0.5) is 4.39 Å². The third kappa shape index (κ3) is 2.63. The van der Waals surface area contributed by atoms with Gasteiger partial charge < -0.3 is 14.2 Å². The predicted octanol–water partition coefficient (Wildman–Crippen LogP) is 0.649. The zero-order chi connectivity index (χ0) is 9.84. The lowest BCUT2D eigenvalue weighted by Gasteiger charge is -2.15. The van der Waals surface area contributed by atoms with Gasteiger partial charge in [0.05, 0.1) is 6.10 Å². The number of hydrogen-bond donors (Lipinski definition) is 0. The number of alkyl halides is 1. The molecule has 0 aromatic carbocycles. The zero-order valence-electron chi connectivity index (χ0n) is 7.66. The molecule has 76 valence electrons. The second-order valence-corrected chi connectivity index (χ2v) is 2.90. The van der Waals surface area contributed by atoms with E-state index in [4.69, 9.17) is 14.2 Å². The van der Waals surface area contributed by atoms with E-state index in [1.54, 1.807) is 0 Å². The van der Waals surface area contributed by atoms with Gasteiger partial charge in [0.15, 0.2) is 12.4 Å². The molecule has 0 aromatic rings. The van der Waals surface area contributed by atoms with Crippen molar-refractivity contribution in [3.63, 3.8) is 0 Å². The molecule has 4 nitrogen and oxygen atoms in total. The van der Waals surface area contributed by atoms with E-state index < -0.39 is 31.1 Å². The molecule has 13 heavy (non-hydrogen) atoms. The summed E-state index contributed by atoms with van der Waals surface area (Å²) in [5.41, 5.74) is 0. The maximum atomic E-state index is 12.2. The molecule has 1 heterocycles. The smallest absolute Gasteiger partial charge is 0.303 e. The first kappa shape index (κ1) is 10.4. The molecule has 0 amide bonds. The Hall–Kier alpha value is -0.680. The van der Waals surface area contributed by atoms with Crippen LogP contribution >= 0.6 is 0 Å². The Balaban J connectivity index is 2.47. The highest BCUT2D eigenvalue weighted by molar-refractivity contribution is 5.66. The Morgan fingerprint density at radius 1 is 1.69 bits per heavy atom.